The summed E-state index contributed by atoms with van der Waals surface area (Å²) in [5, 5.41) is 8.86. The molecule has 1 heterocycles. The second-order valence-corrected chi connectivity index (χ2v) is 5.46. The molecule has 0 atom stereocenters. The zero-order chi connectivity index (χ0) is 15.4. The van der Waals surface area contributed by atoms with Crippen LogP contribution in [0.2, 0.25) is 0 Å². The Balaban J connectivity index is 2.23. The van der Waals surface area contributed by atoms with E-state index in [1.54, 1.807) is 11.9 Å². The van der Waals surface area contributed by atoms with Crippen LogP contribution < -0.4 is 9.80 Å². The molecule has 0 radical (unpaired) electrons. The fourth-order valence-electron chi connectivity index (χ4n) is 2.64. The molecule has 1 amide bonds. The van der Waals surface area contributed by atoms with E-state index in [1.165, 1.54) is 0 Å². The first-order valence-corrected chi connectivity index (χ1v) is 7.39. The van der Waals surface area contributed by atoms with Crippen molar-refractivity contribution in [2.45, 2.75) is 32.6 Å². The largest absolute Gasteiger partial charge is 0.480 e. The molecule has 0 bridgehead atoms. The SMILES string of the molecule is CCCCN1C(=O)CCc2cc(N(C)CC(=O)O)ccc21. The quantitative estimate of drug-likeness (QED) is 0.873. The van der Waals surface area contributed by atoms with Gasteiger partial charge in [-0.1, -0.05) is 13.3 Å². The van der Waals surface area contributed by atoms with Crippen molar-refractivity contribution in [1.29, 1.82) is 0 Å². The first-order valence-electron chi connectivity index (χ1n) is 7.39. The maximum atomic E-state index is 12.1. The molecule has 1 aromatic rings. The Morgan fingerprint density at radius 2 is 2.14 bits per heavy atom. The zero-order valence-corrected chi connectivity index (χ0v) is 12.6. The number of likely N-dealkylation sites (N-methyl/N-ethyl adjacent to an activating group) is 1. The summed E-state index contributed by atoms with van der Waals surface area (Å²) in [5.41, 5.74) is 2.98. The molecule has 1 N–H and O–H groups in total. The third kappa shape index (κ3) is 3.54. The molecular formula is C16H22N2O3. The van der Waals surface area contributed by atoms with E-state index in [9.17, 15) is 9.59 Å². The predicted molar refractivity (Wildman–Crippen MR) is 82.9 cm³/mol. The molecule has 0 saturated heterocycles. The molecule has 0 saturated carbocycles. The van der Waals surface area contributed by atoms with Gasteiger partial charge in [0.2, 0.25) is 5.91 Å². The molecule has 2 rings (SSSR count). The van der Waals surface area contributed by atoms with E-state index in [1.807, 2.05) is 23.1 Å². The third-order valence-electron chi connectivity index (χ3n) is 3.81. The molecule has 21 heavy (non-hydrogen) atoms. The average Bonchev–Trinajstić information content (AvgIpc) is 2.45. The van der Waals surface area contributed by atoms with Crippen LogP contribution in [-0.2, 0) is 16.0 Å². The Morgan fingerprint density at radius 3 is 2.81 bits per heavy atom. The van der Waals surface area contributed by atoms with Gasteiger partial charge in [0.05, 0.1) is 0 Å². The van der Waals surface area contributed by atoms with Gasteiger partial charge in [-0.3, -0.25) is 9.59 Å². The zero-order valence-electron chi connectivity index (χ0n) is 12.6. The number of hydrogen-bond acceptors (Lipinski definition) is 3. The van der Waals surface area contributed by atoms with Crippen molar-refractivity contribution in [2.24, 2.45) is 0 Å². The highest BCUT2D eigenvalue weighted by Crippen LogP contribution is 2.31. The van der Waals surface area contributed by atoms with Gasteiger partial charge in [0.1, 0.15) is 6.54 Å². The summed E-state index contributed by atoms with van der Waals surface area (Å²) in [7, 11) is 1.76. The number of nitrogens with zero attached hydrogens (tertiary/aromatic N) is 2. The molecule has 1 aromatic carbocycles. The normalized spacial score (nSPS) is 14.0. The minimum atomic E-state index is -0.852. The lowest BCUT2D eigenvalue weighted by molar-refractivity contribution is -0.135. The van der Waals surface area contributed by atoms with Crippen molar-refractivity contribution in [3.05, 3.63) is 23.8 Å². The summed E-state index contributed by atoms with van der Waals surface area (Å²) in [6, 6.07) is 5.83. The van der Waals surface area contributed by atoms with Crippen LogP contribution in [0.15, 0.2) is 18.2 Å². The van der Waals surface area contributed by atoms with Crippen LogP contribution in [0, 0.1) is 0 Å². The number of fused-ring (bicyclic) bond motifs is 1. The molecule has 5 heteroatoms. The first-order chi connectivity index (χ1) is 10.0. The second-order valence-electron chi connectivity index (χ2n) is 5.46. The summed E-state index contributed by atoms with van der Waals surface area (Å²) in [6.45, 7) is 2.84. The van der Waals surface area contributed by atoms with Crippen molar-refractivity contribution in [3.63, 3.8) is 0 Å². The van der Waals surface area contributed by atoms with Gasteiger partial charge in [-0.05, 0) is 36.6 Å². The van der Waals surface area contributed by atoms with Crippen LogP contribution in [0.4, 0.5) is 11.4 Å². The van der Waals surface area contributed by atoms with Crippen LogP contribution in [-0.4, -0.2) is 37.1 Å². The van der Waals surface area contributed by atoms with E-state index in [4.69, 9.17) is 5.11 Å². The topological polar surface area (TPSA) is 60.9 Å². The lowest BCUT2D eigenvalue weighted by Crippen LogP contribution is -2.36. The first kappa shape index (κ1) is 15.4. The molecule has 114 valence electrons. The van der Waals surface area contributed by atoms with E-state index in [2.05, 4.69) is 6.92 Å². The van der Waals surface area contributed by atoms with Crippen molar-refractivity contribution in [2.75, 3.05) is 29.9 Å². The van der Waals surface area contributed by atoms with Crippen LogP contribution in [0.1, 0.15) is 31.7 Å². The number of rotatable bonds is 6. The Morgan fingerprint density at radius 1 is 1.38 bits per heavy atom. The minimum absolute atomic E-state index is 0.0305. The fraction of sp³-hybridized carbons (Fsp3) is 0.500. The molecule has 0 aromatic heterocycles. The third-order valence-corrected chi connectivity index (χ3v) is 3.81. The highest BCUT2D eigenvalue weighted by Gasteiger charge is 2.24. The highest BCUT2D eigenvalue weighted by atomic mass is 16.4. The molecule has 0 fully saturated rings. The van der Waals surface area contributed by atoms with Crippen LogP contribution in [0.25, 0.3) is 0 Å². The lowest BCUT2D eigenvalue weighted by atomic mass is 9.99. The second kappa shape index (κ2) is 6.61. The summed E-state index contributed by atoms with van der Waals surface area (Å²) in [4.78, 5) is 26.4. The summed E-state index contributed by atoms with van der Waals surface area (Å²) in [6.07, 6.45) is 3.30. The van der Waals surface area contributed by atoms with E-state index in [-0.39, 0.29) is 12.5 Å². The summed E-state index contributed by atoms with van der Waals surface area (Å²) >= 11 is 0. The standard InChI is InChI=1S/C16H22N2O3/c1-3-4-9-18-14-7-6-13(17(2)11-16(20)21)10-12(14)5-8-15(18)19/h6-7,10H,3-5,8-9,11H2,1-2H3,(H,20,21). The number of unbranched alkanes of at least 4 members (excludes halogenated alkanes) is 1. The van der Waals surface area contributed by atoms with Crippen LogP contribution >= 0.6 is 0 Å². The lowest BCUT2D eigenvalue weighted by Gasteiger charge is -2.30. The van der Waals surface area contributed by atoms with Gasteiger partial charge in [0.15, 0.2) is 0 Å². The average molecular weight is 290 g/mol. The number of carbonyl (C=O) groups excluding carboxylic acids is 1. The summed E-state index contributed by atoms with van der Waals surface area (Å²) in [5.74, 6) is -0.669. The van der Waals surface area contributed by atoms with E-state index < -0.39 is 5.97 Å². The van der Waals surface area contributed by atoms with E-state index in [0.29, 0.717) is 6.42 Å². The number of hydrogen-bond donors (Lipinski definition) is 1. The Bertz CT molecular complexity index is 542. The van der Waals surface area contributed by atoms with Gasteiger partial charge in [0, 0.05) is 31.4 Å². The Kier molecular flexibility index (Phi) is 4.83. The minimum Gasteiger partial charge on any atom is -0.480 e. The van der Waals surface area contributed by atoms with E-state index >= 15 is 0 Å². The number of anilines is 2. The predicted octanol–water partition coefficient (Wildman–Crippen LogP) is 2.29. The molecule has 0 spiro atoms. The van der Waals surface area contributed by atoms with Crippen molar-refractivity contribution >= 4 is 23.3 Å². The number of carboxylic acids is 1. The molecule has 1 aliphatic heterocycles. The molecule has 0 aliphatic carbocycles. The van der Waals surface area contributed by atoms with Crippen molar-refractivity contribution < 1.29 is 14.7 Å². The number of aliphatic carboxylic acids is 1. The molecule has 0 unspecified atom stereocenters. The maximum Gasteiger partial charge on any atom is 0.323 e. The Labute approximate surface area is 125 Å². The van der Waals surface area contributed by atoms with Crippen LogP contribution in [0.5, 0.6) is 0 Å². The number of amides is 1. The fourth-order valence-corrected chi connectivity index (χ4v) is 2.64. The van der Waals surface area contributed by atoms with Crippen LogP contribution in [0.3, 0.4) is 0 Å². The number of carbonyl (C=O) groups is 2. The van der Waals surface area contributed by atoms with Gasteiger partial charge >= 0.3 is 5.97 Å². The maximum absolute atomic E-state index is 12.1. The number of carboxylic acid groups (broad SMARTS) is 1. The molecular weight excluding hydrogens is 268 g/mol. The van der Waals surface area contributed by atoms with E-state index in [0.717, 1.165) is 42.7 Å². The smallest absolute Gasteiger partial charge is 0.323 e. The monoisotopic (exact) mass is 290 g/mol. The van der Waals surface area contributed by atoms with Gasteiger partial charge in [0.25, 0.3) is 0 Å². The summed E-state index contributed by atoms with van der Waals surface area (Å²) < 4.78 is 0. The van der Waals surface area contributed by atoms with Gasteiger partial charge in [-0.15, -0.1) is 0 Å². The number of aryl methyl sites for hydroxylation is 1. The van der Waals surface area contributed by atoms with Gasteiger partial charge in [-0.25, -0.2) is 0 Å². The number of benzene rings is 1. The van der Waals surface area contributed by atoms with Crippen molar-refractivity contribution in [1.82, 2.24) is 0 Å². The van der Waals surface area contributed by atoms with Gasteiger partial charge in [-0.2, -0.15) is 0 Å². The Hall–Kier alpha value is -2.04. The van der Waals surface area contributed by atoms with Crippen molar-refractivity contribution in [3.8, 4) is 0 Å². The highest BCUT2D eigenvalue weighted by molar-refractivity contribution is 5.96. The molecule has 1 aliphatic rings. The van der Waals surface area contributed by atoms with Gasteiger partial charge < -0.3 is 14.9 Å². The molecule has 5 nitrogen and oxygen atoms in total.